The zero-order valence-electron chi connectivity index (χ0n) is 8.22. The molecule has 2 rings (SSSR count). The van der Waals surface area contributed by atoms with E-state index in [0.717, 1.165) is 25.1 Å². The molecule has 0 bridgehead atoms. The summed E-state index contributed by atoms with van der Waals surface area (Å²) in [6.07, 6.45) is 1.10. The summed E-state index contributed by atoms with van der Waals surface area (Å²) in [6, 6.07) is 4.77. The van der Waals surface area contributed by atoms with Crippen LogP contribution in [-0.4, -0.2) is 20.2 Å². The Bertz CT molecular complexity index is 321. The number of rotatable bonds is 2. The van der Waals surface area contributed by atoms with E-state index in [2.05, 4.69) is 5.32 Å². The van der Waals surface area contributed by atoms with Crippen molar-refractivity contribution in [2.24, 2.45) is 0 Å². The number of hydrogen-bond acceptors (Lipinski definition) is 2. The summed E-state index contributed by atoms with van der Waals surface area (Å²) >= 11 is 0. The Balaban J connectivity index is 2.31. The third-order valence-electron chi connectivity index (χ3n) is 2.70. The zero-order chi connectivity index (χ0) is 9.97. The van der Waals surface area contributed by atoms with Gasteiger partial charge in [0.25, 0.3) is 0 Å². The van der Waals surface area contributed by atoms with Gasteiger partial charge in [-0.1, -0.05) is 6.07 Å². The van der Waals surface area contributed by atoms with Crippen LogP contribution in [0.1, 0.15) is 17.9 Å². The monoisotopic (exact) mass is 195 g/mol. The molecule has 0 radical (unpaired) electrons. The second-order valence-corrected chi connectivity index (χ2v) is 3.58. The fraction of sp³-hybridized carbons (Fsp3) is 0.455. The maximum Gasteiger partial charge on any atom is 0.126 e. The molecule has 0 spiro atoms. The summed E-state index contributed by atoms with van der Waals surface area (Å²) in [5, 5.41) is 3.29. The van der Waals surface area contributed by atoms with E-state index < -0.39 is 0 Å². The van der Waals surface area contributed by atoms with Gasteiger partial charge in [0.15, 0.2) is 0 Å². The van der Waals surface area contributed by atoms with Crippen LogP contribution in [0, 0.1) is 5.82 Å². The molecule has 1 heterocycles. The lowest BCUT2D eigenvalue weighted by molar-refractivity contribution is 0.403. The maximum atomic E-state index is 12.9. The van der Waals surface area contributed by atoms with E-state index in [1.165, 1.54) is 12.1 Å². The van der Waals surface area contributed by atoms with Crippen molar-refractivity contribution in [1.29, 1.82) is 0 Å². The summed E-state index contributed by atoms with van der Waals surface area (Å²) in [5.74, 6) is 0.890. The van der Waals surface area contributed by atoms with Gasteiger partial charge in [-0.05, 0) is 24.6 Å². The first-order chi connectivity index (χ1) is 6.81. The minimum atomic E-state index is -0.239. The van der Waals surface area contributed by atoms with Crippen LogP contribution in [0.4, 0.5) is 4.39 Å². The fourth-order valence-electron chi connectivity index (χ4n) is 1.94. The van der Waals surface area contributed by atoms with Gasteiger partial charge in [0.1, 0.15) is 11.6 Å². The summed E-state index contributed by atoms with van der Waals surface area (Å²) in [7, 11) is 1.58. The molecular formula is C11H14FNO. The number of methoxy groups -OCH3 is 1. The Morgan fingerprint density at radius 1 is 1.50 bits per heavy atom. The lowest BCUT2D eigenvalue weighted by atomic mass is 9.97. The van der Waals surface area contributed by atoms with Crippen molar-refractivity contribution >= 4 is 0 Å². The Hall–Kier alpha value is -1.09. The van der Waals surface area contributed by atoms with Gasteiger partial charge in [-0.25, -0.2) is 4.39 Å². The lowest BCUT2D eigenvalue weighted by Crippen LogP contribution is -2.08. The molecule has 76 valence electrons. The highest BCUT2D eigenvalue weighted by molar-refractivity contribution is 5.37. The maximum absolute atomic E-state index is 12.9. The molecule has 1 aliphatic heterocycles. The van der Waals surface area contributed by atoms with Gasteiger partial charge in [-0.2, -0.15) is 0 Å². The third kappa shape index (κ3) is 1.73. The van der Waals surface area contributed by atoms with Crippen molar-refractivity contribution in [1.82, 2.24) is 5.32 Å². The average molecular weight is 195 g/mol. The molecule has 3 heteroatoms. The van der Waals surface area contributed by atoms with Crippen LogP contribution in [-0.2, 0) is 0 Å². The Kier molecular flexibility index (Phi) is 2.68. The highest BCUT2D eigenvalue weighted by Gasteiger charge is 2.20. The van der Waals surface area contributed by atoms with Gasteiger partial charge < -0.3 is 10.1 Å². The molecule has 14 heavy (non-hydrogen) atoms. The van der Waals surface area contributed by atoms with Crippen molar-refractivity contribution in [3.8, 4) is 5.75 Å². The first-order valence-corrected chi connectivity index (χ1v) is 4.85. The standard InChI is InChI=1S/C11H14FNO/c1-14-11-6-9(12)2-3-10(11)8-4-5-13-7-8/h2-3,6,8,13H,4-5,7H2,1H3. The minimum absolute atomic E-state index is 0.239. The minimum Gasteiger partial charge on any atom is -0.496 e. The number of halogens is 1. The second-order valence-electron chi connectivity index (χ2n) is 3.58. The molecule has 1 aliphatic rings. The Morgan fingerprint density at radius 2 is 2.36 bits per heavy atom. The van der Waals surface area contributed by atoms with E-state index >= 15 is 0 Å². The summed E-state index contributed by atoms with van der Waals surface area (Å²) in [6.45, 7) is 1.99. The van der Waals surface area contributed by atoms with Crippen LogP contribution in [0.3, 0.4) is 0 Å². The van der Waals surface area contributed by atoms with Crippen LogP contribution in [0.2, 0.25) is 0 Å². The van der Waals surface area contributed by atoms with E-state index in [1.807, 2.05) is 6.07 Å². The molecule has 1 aromatic carbocycles. The van der Waals surface area contributed by atoms with E-state index in [4.69, 9.17) is 4.74 Å². The van der Waals surface area contributed by atoms with Crippen LogP contribution in [0.5, 0.6) is 5.75 Å². The molecule has 1 N–H and O–H groups in total. The molecule has 2 nitrogen and oxygen atoms in total. The van der Waals surface area contributed by atoms with E-state index in [-0.39, 0.29) is 5.82 Å². The van der Waals surface area contributed by atoms with Gasteiger partial charge in [-0.3, -0.25) is 0 Å². The number of nitrogens with one attached hydrogen (secondary N) is 1. The molecule has 0 saturated carbocycles. The van der Waals surface area contributed by atoms with Crippen molar-refractivity contribution in [3.05, 3.63) is 29.6 Å². The number of hydrogen-bond donors (Lipinski definition) is 1. The lowest BCUT2D eigenvalue weighted by Gasteiger charge is -2.13. The van der Waals surface area contributed by atoms with Crippen LogP contribution in [0.25, 0.3) is 0 Å². The average Bonchev–Trinajstić information content (AvgIpc) is 2.70. The topological polar surface area (TPSA) is 21.3 Å². The summed E-state index contributed by atoms with van der Waals surface area (Å²) in [4.78, 5) is 0. The normalized spacial score (nSPS) is 21.1. The largest absolute Gasteiger partial charge is 0.496 e. The van der Waals surface area contributed by atoms with E-state index in [9.17, 15) is 4.39 Å². The molecule has 1 aromatic rings. The highest BCUT2D eigenvalue weighted by Crippen LogP contribution is 2.30. The van der Waals surface area contributed by atoms with Crippen LogP contribution < -0.4 is 10.1 Å². The summed E-state index contributed by atoms with van der Waals surface area (Å²) < 4.78 is 18.1. The molecule has 1 saturated heterocycles. The third-order valence-corrected chi connectivity index (χ3v) is 2.70. The zero-order valence-corrected chi connectivity index (χ0v) is 8.22. The van der Waals surface area contributed by atoms with Crippen molar-refractivity contribution < 1.29 is 9.13 Å². The van der Waals surface area contributed by atoms with Gasteiger partial charge in [0.05, 0.1) is 7.11 Å². The predicted octanol–water partition coefficient (Wildman–Crippen LogP) is 1.91. The molecule has 1 unspecified atom stereocenters. The van der Waals surface area contributed by atoms with Gasteiger partial charge in [-0.15, -0.1) is 0 Å². The quantitative estimate of drug-likeness (QED) is 0.778. The molecule has 0 aliphatic carbocycles. The molecule has 0 aromatic heterocycles. The molecular weight excluding hydrogens is 181 g/mol. The smallest absolute Gasteiger partial charge is 0.126 e. The van der Waals surface area contributed by atoms with E-state index in [1.54, 1.807) is 7.11 Å². The fourth-order valence-corrected chi connectivity index (χ4v) is 1.94. The van der Waals surface area contributed by atoms with Crippen molar-refractivity contribution in [2.75, 3.05) is 20.2 Å². The van der Waals surface area contributed by atoms with Crippen molar-refractivity contribution in [2.45, 2.75) is 12.3 Å². The van der Waals surface area contributed by atoms with Crippen molar-refractivity contribution in [3.63, 3.8) is 0 Å². The SMILES string of the molecule is COc1cc(F)ccc1C1CCNC1. The van der Waals surface area contributed by atoms with Gasteiger partial charge in [0.2, 0.25) is 0 Å². The van der Waals surface area contributed by atoms with Crippen LogP contribution >= 0.6 is 0 Å². The predicted molar refractivity (Wildman–Crippen MR) is 53.2 cm³/mol. The second kappa shape index (κ2) is 3.96. The first-order valence-electron chi connectivity index (χ1n) is 4.85. The molecule has 1 fully saturated rings. The summed E-state index contributed by atoms with van der Waals surface area (Å²) in [5.41, 5.74) is 1.11. The van der Waals surface area contributed by atoms with Gasteiger partial charge >= 0.3 is 0 Å². The molecule has 1 atom stereocenters. The Morgan fingerprint density at radius 3 is 3.00 bits per heavy atom. The highest BCUT2D eigenvalue weighted by atomic mass is 19.1. The number of ether oxygens (including phenoxy) is 1. The first kappa shape index (κ1) is 9.46. The van der Waals surface area contributed by atoms with E-state index in [0.29, 0.717) is 11.7 Å². The number of benzene rings is 1. The Labute approximate surface area is 83.1 Å². The molecule has 0 amide bonds. The van der Waals surface area contributed by atoms with Crippen LogP contribution in [0.15, 0.2) is 18.2 Å². The van der Waals surface area contributed by atoms with Gasteiger partial charge in [0, 0.05) is 18.5 Å².